The summed E-state index contributed by atoms with van der Waals surface area (Å²) in [6, 6.07) is 19.5. The van der Waals surface area contributed by atoms with Gasteiger partial charge in [-0.05, 0) is 30.0 Å². The summed E-state index contributed by atoms with van der Waals surface area (Å²) in [7, 11) is 0. The van der Waals surface area contributed by atoms with Gasteiger partial charge >= 0.3 is 6.09 Å². The summed E-state index contributed by atoms with van der Waals surface area (Å²) in [6.07, 6.45) is 4.46. The van der Waals surface area contributed by atoms with Crippen LogP contribution in [0.4, 0.5) is 4.79 Å². The largest absolute Gasteiger partial charge is 0.444 e. The van der Waals surface area contributed by atoms with Gasteiger partial charge in [0.25, 0.3) is 0 Å². The topological polar surface area (TPSA) is 46.6 Å². The standard InChI is InChI=1S/C21H21NO3/c23-20-13-14-22(21(24)25-16-18-9-5-2-6-10-18)19(15-20)12-11-17-7-3-1-4-8-17/h1-10,13-14,19H,11-12,15-16H2/t19-/m1/s1. The highest BCUT2D eigenvalue weighted by Gasteiger charge is 2.28. The molecule has 0 saturated carbocycles. The van der Waals surface area contributed by atoms with Crippen molar-refractivity contribution in [2.75, 3.05) is 0 Å². The van der Waals surface area contributed by atoms with Crippen molar-refractivity contribution in [2.24, 2.45) is 0 Å². The molecular weight excluding hydrogens is 314 g/mol. The molecule has 1 amide bonds. The summed E-state index contributed by atoms with van der Waals surface area (Å²) < 4.78 is 5.41. The summed E-state index contributed by atoms with van der Waals surface area (Å²) in [6.45, 7) is 0.226. The minimum Gasteiger partial charge on any atom is -0.444 e. The molecule has 3 rings (SSSR count). The monoisotopic (exact) mass is 335 g/mol. The van der Waals surface area contributed by atoms with Gasteiger partial charge in [-0.15, -0.1) is 0 Å². The minimum absolute atomic E-state index is 0.0465. The Balaban J connectivity index is 1.61. The van der Waals surface area contributed by atoms with Crippen molar-refractivity contribution in [1.82, 2.24) is 4.90 Å². The molecule has 4 nitrogen and oxygen atoms in total. The summed E-state index contributed by atoms with van der Waals surface area (Å²) in [5, 5.41) is 0. The number of benzene rings is 2. The van der Waals surface area contributed by atoms with Crippen molar-refractivity contribution in [3.05, 3.63) is 84.1 Å². The normalized spacial score (nSPS) is 16.7. The fourth-order valence-electron chi connectivity index (χ4n) is 2.91. The van der Waals surface area contributed by atoms with Crippen molar-refractivity contribution < 1.29 is 14.3 Å². The molecule has 0 aliphatic carbocycles. The van der Waals surface area contributed by atoms with Gasteiger partial charge in [0, 0.05) is 18.7 Å². The fraction of sp³-hybridized carbons (Fsp3) is 0.238. The van der Waals surface area contributed by atoms with Gasteiger partial charge in [0.1, 0.15) is 6.61 Å². The lowest BCUT2D eigenvalue weighted by molar-refractivity contribution is -0.116. The van der Waals surface area contributed by atoms with E-state index in [0.717, 1.165) is 18.4 Å². The zero-order valence-electron chi connectivity index (χ0n) is 14.0. The van der Waals surface area contributed by atoms with Crippen LogP contribution in [0.2, 0.25) is 0 Å². The number of carbonyl (C=O) groups excluding carboxylic acids is 2. The molecule has 2 aromatic carbocycles. The molecule has 0 radical (unpaired) electrons. The number of ketones is 1. The van der Waals surface area contributed by atoms with Gasteiger partial charge in [-0.25, -0.2) is 4.79 Å². The SMILES string of the molecule is O=C1C=CN(C(=O)OCc2ccccc2)[C@H](CCc2ccccc2)C1. The summed E-state index contributed by atoms with van der Waals surface area (Å²) in [5.74, 6) is 0.0465. The summed E-state index contributed by atoms with van der Waals surface area (Å²) >= 11 is 0. The van der Waals surface area contributed by atoms with E-state index < -0.39 is 6.09 Å². The molecular formula is C21H21NO3. The Morgan fingerprint density at radius 2 is 1.64 bits per heavy atom. The third-order valence-electron chi connectivity index (χ3n) is 4.28. The van der Waals surface area contributed by atoms with Crippen LogP contribution in [-0.2, 0) is 22.6 Å². The van der Waals surface area contributed by atoms with Gasteiger partial charge in [-0.1, -0.05) is 60.7 Å². The Morgan fingerprint density at radius 1 is 1.00 bits per heavy atom. The first-order chi connectivity index (χ1) is 12.2. The van der Waals surface area contributed by atoms with E-state index in [1.165, 1.54) is 11.6 Å². The van der Waals surface area contributed by atoms with Crippen LogP contribution in [0.3, 0.4) is 0 Å². The van der Waals surface area contributed by atoms with E-state index in [1.807, 2.05) is 48.5 Å². The number of carbonyl (C=O) groups is 2. The lowest BCUT2D eigenvalue weighted by Gasteiger charge is -2.30. The van der Waals surface area contributed by atoms with E-state index in [0.29, 0.717) is 6.42 Å². The van der Waals surface area contributed by atoms with Gasteiger partial charge in [-0.3, -0.25) is 9.69 Å². The number of hydrogen-bond donors (Lipinski definition) is 0. The number of aryl methyl sites for hydroxylation is 1. The van der Waals surface area contributed by atoms with Crippen LogP contribution in [-0.4, -0.2) is 22.8 Å². The number of hydrogen-bond acceptors (Lipinski definition) is 3. The molecule has 0 unspecified atom stereocenters. The fourth-order valence-corrected chi connectivity index (χ4v) is 2.91. The first-order valence-electron chi connectivity index (χ1n) is 8.46. The zero-order chi connectivity index (χ0) is 17.5. The quantitative estimate of drug-likeness (QED) is 0.826. The second-order valence-corrected chi connectivity index (χ2v) is 6.11. The van der Waals surface area contributed by atoms with Gasteiger partial charge in [0.15, 0.2) is 5.78 Å². The Kier molecular flexibility index (Phi) is 5.62. The second-order valence-electron chi connectivity index (χ2n) is 6.11. The molecule has 0 bridgehead atoms. The molecule has 1 aliphatic heterocycles. The smallest absolute Gasteiger partial charge is 0.414 e. The molecule has 1 atom stereocenters. The van der Waals surface area contributed by atoms with Gasteiger partial charge in [-0.2, -0.15) is 0 Å². The van der Waals surface area contributed by atoms with Crippen molar-refractivity contribution in [2.45, 2.75) is 31.9 Å². The van der Waals surface area contributed by atoms with Crippen LogP contribution >= 0.6 is 0 Å². The third-order valence-corrected chi connectivity index (χ3v) is 4.28. The molecule has 128 valence electrons. The van der Waals surface area contributed by atoms with Crippen LogP contribution in [0, 0.1) is 0 Å². The minimum atomic E-state index is -0.411. The van der Waals surface area contributed by atoms with Crippen LogP contribution < -0.4 is 0 Å². The predicted molar refractivity (Wildman–Crippen MR) is 95.8 cm³/mol. The van der Waals surface area contributed by atoms with E-state index in [4.69, 9.17) is 4.74 Å². The zero-order valence-corrected chi connectivity index (χ0v) is 14.0. The maximum absolute atomic E-state index is 12.4. The van der Waals surface area contributed by atoms with Crippen LogP contribution in [0.1, 0.15) is 24.0 Å². The van der Waals surface area contributed by atoms with Crippen LogP contribution in [0.15, 0.2) is 72.9 Å². The Labute approximate surface area is 147 Å². The second kappa shape index (κ2) is 8.29. The molecule has 1 heterocycles. The molecule has 0 N–H and O–H groups in total. The predicted octanol–water partition coefficient (Wildman–Crippen LogP) is 4.11. The summed E-state index contributed by atoms with van der Waals surface area (Å²) in [5.41, 5.74) is 2.14. The maximum atomic E-state index is 12.4. The lowest BCUT2D eigenvalue weighted by Crippen LogP contribution is -2.40. The van der Waals surface area contributed by atoms with Crippen LogP contribution in [0.25, 0.3) is 0 Å². The van der Waals surface area contributed by atoms with Gasteiger partial charge in [0.05, 0.1) is 0 Å². The van der Waals surface area contributed by atoms with Crippen molar-refractivity contribution in [3.63, 3.8) is 0 Å². The number of nitrogens with zero attached hydrogens (tertiary/aromatic N) is 1. The number of rotatable bonds is 5. The van der Waals surface area contributed by atoms with E-state index in [9.17, 15) is 9.59 Å². The Morgan fingerprint density at radius 3 is 2.32 bits per heavy atom. The van der Waals surface area contributed by atoms with Crippen molar-refractivity contribution in [3.8, 4) is 0 Å². The lowest BCUT2D eigenvalue weighted by atomic mass is 9.98. The molecule has 0 spiro atoms. The number of ether oxygens (including phenoxy) is 1. The number of amides is 1. The van der Waals surface area contributed by atoms with E-state index in [1.54, 1.807) is 11.1 Å². The average molecular weight is 335 g/mol. The van der Waals surface area contributed by atoms with E-state index in [-0.39, 0.29) is 18.4 Å². The van der Waals surface area contributed by atoms with E-state index >= 15 is 0 Å². The molecule has 25 heavy (non-hydrogen) atoms. The third kappa shape index (κ3) is 4.80. The first-order valence-corrected chi connectivity index (χ1v) is 8.46. The van der Waals surface area contributed by atoms with Crippen molar-refractivity contribution in [1.29, 1.82) is 0 Å². The molecule has 0 fully saturated rings. The number of allylic oxidation sites excluding steroid dienone is 1. The average Bonchev–Trinajstić information content (AvgIpc) is 2.66. The Bertz CT molecular complexity index is 740. The van der Waals surface area contributed by atoms with Crippen LogP contribution in [0.5, 0.6) is 0 Å². The molecule has 1 aliphatic rings. The Hall–Kier alpha value is -2.88. The highest BCUT2D eigenvalue weighted by molar-refractivity contribution is 5.92. The molecule has 2 aromatic rings. The maximum Gasteiger partial charge on any atom is 0.414 e. The molecule has 4 heteroatoms. The highest BCUT2D eigenvalue weighted by atomic mass is 16.6. The molecule has 0 aromatic heterocycles. The van der Waals surface area contributed by atoms with E-state index in [2.05, 4.69) is 12.1 Å². The van der Waals surface area contributed by atoms with Gasteiger partial charge < -0.3 is 4.74 Å². The molecule has 0 saturated heterocycles. The summed E-state index contributed by atoms with van der Waals surface area (Å²) in [4.78, 5) is 25.8. The first kappa shape index (κ1) is 17.0. The van der Waals surface area contributed by atoms with Crippen molar-refractivity contribution >= 4 is 11.9 Å². The highest BCUT2D eigenvalue weighted by Crippen LogP contribution is 2.20. The van der Waals surface area contributed by atoms with Gasteiger partial charge in [0.2, 0.25) is 0 Å².